The van der Waals surface area contributed by atoms with Crippen molar-refractivity contribution in [3.05, 3.63) is 152 Å². The molecule has 0 saturated carbocycles. The first-order valence-corrected chi connectivity index (χ1v) is 10.6. The number of hydrogen-bond donors (Lipinski definition) is 0. The standard InChI is InChI=1S/C27H20N2O5/c30-27(25(19-7-3-1-4-8-19)21-11-15-23(16-12-21)28(31)32)26(20-9-5-2-6-10-20)22-13-17-24(18-14-22)29(33)34/h1-18,25-26H. The van der Waals surface area contributed by atoms with Crippen molar-refractivity contribution in [1.29, 1.82) is 0 Å². The van der Waals surface area contributed by atoms with Gasteiger partial charge in [0.1, 0.15) is 0 Å². The Morgan fingerprint density at radius 3 is 1.09 bits per heavy atom. The number of rotatable bonds is 8. The molecule has 0 radical (unpaired) electrons. The molecule has 7 nitrogen and oxygen atoms in total. The number of Topliss-reactive ketones (excluding diaryl/α,β-unsaturated/α-hetero) is 1. The zero-order valence-corrected chi connectivity index (χ0v) is 18.0. The SMILES string of the molecule is O=C(C(c1ccccc1)c1ccc([N+](=O)[O-])cc1)C(c1ccccc1)c1ccc([N+](=O)[O-])cc1. The molecule has 0 spiro atoms. The van der Waals surface area contributed by atoms with E-state index in [2.05, 4.69) is 0 Å². The van der Waals surface area contributed by atoms with Crippen LogP contribution in [-0.2, 0) is 4.79 Å². The van der Waals surface area contributed by atoms with Gasteiger partial charge in [-0.25, -0.2) is 0 Å². The second-order valence-corrected chi connectivity index (χ2v) is 7.79. The van der Waals surface area contributed by atoms with Crippen LogP contribution >= 0.6 is 0 Å². The number of benzene rings is 4. The van der Waals surface area contributed by atoms with Gasteiger partial charge < -0.3 is 0 Å². The second kappa shape index (κ2) is 9.87. The Hall–Kier alpha value is -4.65. The van der Waals surface area contributed by atoms with Gasteiger partial charge in [0.15, 0.2) is 5.78 Å². The first-order valence-electron chi connectivity index (χ1n) is 10.6. The normalized spacial score (nSPS) is 12.5. The van der Waals surface area contributed by atoms with Gasteiger partial charge in [-0.3, -0.25) is 25.0 Å². The van der Waals surface area contributed by atoms with E-state index < -0.39 is 21.7 Å². The Kier molecular flexibility index (Phi) is 6.54. The molecular formula is C27H20N2O5. The smallest absolute Gasteiger partial charge is 0.269 e. The van der Waals surface area contributed by atoms with Gasteiger partial charge >= 0.3 is 0 Å². The van der Waals surface area contributed by atoms with Crippen LogP contribution in [0.5, 0.6) is 0 Å². The minimum atomic E-state index is -0.692. The van der Waals surface area contributed by atoms with Crippen molar-refractivity contribution in [2.75, 3.05) is 0 Å². The molecule has 0 aliphatic rings. The van der Waals surface area contributed by atoms with E-state index in [0.717, 1.165) is 11.1 Å². The van der Waals surface area contributed by atoms with Crippen molar-refractivity contribution >= 4 is 17.2 Å². The molecule has 0 heterocycles. The zero-order valence-electron chi connectivity index (χ0n) is 18.0. The highest BCUT2D eigenvalue weighted by Crippen LogP contribution is 2.36. The molecule has 2 atom stereocenters. The number of carbonyl (C=O) groups is 1. The summed E-state index contributed by atoms with van der Waals surface area (Å²) < 4.78 is 0. The summed E-state index contributed by atoms with van der Waals surface area (Å²) in [5, 5.41) is 22.3. The van der Waals surface area contributed by atoms with E-state index >= 15 is 0 Å². The van der Waals surface area contributed by atoms with Crippen LogP contribution in [0, 0.1) is 20.2 Å². The molecule has 0 amide bonds. The molecule has 4 rings (SSSR count). The molecule has 7 heteroatoms. The fraction of sp³-hybridized carbons (Fsp3) is 0.0741. The number of non-ortho nitro benzene ring substituents is 2. The van der Waals surface area contributed by atoms with Gasteiger partial charge in [-0.1, -0.05) is 84.9 Å². The van der Waals surface area contributed by atoms with Crippen molar-refractivity contribution < 1.29 is 14.6 Å². The van der Waals surface area contributed by atoms with E-state index in [1.807, 2.05) is 60.7 Å². The third kappa shape index (κ3) is 4.73. The molecule has 0 fully saturated rings. The first-order chi connectivity index (χ1) is 16.5. The molecule has 168 valence electrons. The van der Waals surface area contributed by atoms with Gasteiger partial charge in [0.2, 0.25) is 0 Å². The van der Waals surface area contributed by atoms with Crippen LogP contribution in [-0.4, -0.2) is 15.6 Å². The maximum atomic E-state index is 14.2. The second-order valence-electron chi connectivity index (χ2n) is 7.79. The topological polar surface area (TPSA) is 103 Å². The summed E-state index contributed by atoms with van der Waals surface area (Å²) in [4.78, 5) is 35.5. The summed E-state index contributed by atoms with van der Waals surface area (Å²) in [6.07, 6.45) is 0. The van der Waals surface area contributed by atoms with E-state index in [1.165, 1.54) is 24.3 Å². The van der Waals surface area contributed by atoms with Gasteiger partial charge in [-0.15, -0.1) is 0 Å². The minimum absolute atomic E-state index is 0.0574. The van der Waals surface area contributed by atoms with Gasteiger partial charge in [0.25, 0.3) is 11.4 Å². The van der Waals surface area contributed by atoms with Crippen molar-refractivity contribution in [3.63, 3.8) is 0 Å². The molecular weight excluding hydrogens is 432 g/mol. The monoisotopic (exact) mass is 452 g/mol. The number of nitrogens with zero attached hydrogens (tertiary/aromatic N) is 2. The van der Waals surface area contributed by atoms with Crippen molar-refractivity contribution in [1.82, 2.24) is 0 Å². The molecule has 0 N–H and O–H groups in total. The number of nitro groups is 2. The van der Waals surface area contributed by atoms with Gasteiger partial charge in [-0.05, 0) is 22.3 Å². The average Bonchev–Trinajstić information content (AvgIpc) is 2.86. The lowest BCUT2D eigenvalue weighted by molar-refractivity contribution is -0.385. The van der Waals surface area contributed by atoms with Crippen molar-refractivity contribution in [2.24, 2.45) is 0 Å². The minimum Gasteiger partial charge on any atom is -0.298 e. The van der Waals surface area contributed by atoms with Gasteiger partial charge in [0.05, 0.1) is 21.7 Å². The highest BCUT2D eigenvalue weighted by molar-refractivity contribution is 5.97. The van der Waals surface area contributed by atoms with Crippen LogP contribution in [0.1, 0.15) is 34.1 Å². The van der Waals surface area contributed by atoms with E-state index in [0.29, 0.717) is 11.1 Å². The molecule has 34 heavy (non-hydrogen) atoms. The molecule has 0 aromatic heterocycles. The maximum absolute atomic E-state index is 14.2. The van der Waals surface area contributed by atoms with E-state index in [9.17, 15) is 25.0 Å². The van der Waals surface area contributed by atoms with Crippen LogP contribution in [0.4, 0.5) is 11.4 Å². The third-order valence-corrected chi connectivity index (χ3v) is 5.71. The fourth-order valence-electron chi connectivity index (χ4n) is 4.08. The summed E-state index contributed by atoms with van der Waals surface area (Å²) in [5.74, 6) is -1.52. The van der Waals surface area contributed by atoms with Crippen LogP contribution in [0.15, 0.2) is 109 Å². The lowest BCUT2D eigenvalue weighted by Gasteiger charge is -2.24. The molecule has 0 saturated heterocycles. The van der Waals surface area contributed by atoms with Crippen LogP contribution in [0.3, 0.4) is 0 Å². The Balaban J connectivity index is 1.84. The molecule has 0 aliphatic heterocycles. The van der Waals surface area contributed by atoms with E-state index in [1.54, 1.807) is 24.3 Å². The summed E-state index contributed by atoms with van der Waals surface area (Å²) in [6, 6.07) is 30.4. The Morgan fingerprint density at radius 1 is 0.500 bits per heavy atom. The highest BCUT2D eigenvalue weighted by Gasteiger charge is 2.32. The quantitative estimate of drug-likeness (QED) is 0.240. The Morgan fingerprint density at radius 2 is 0.794 bits per heavy atom. The summed E-state index contributed by atoms with van der Waals surface area (Å²) in [6.45, 7) is 0. The molecule has 2 unspecified atom stereocenters. The Bertz CT molecular complexity index is 1200. The number of carbonyl (C=O) groups excluding carboxylic acids is 1. The molecule has 4 aromatic rings. The maximum Gasteiger partial charge on any atom is 0.269 e. The number of nitro benzene ring substituents is 2. The lowest BCUT2D eigenvalue weighted by Crippen LogP contribution is -2.23. The van der Waals surface area contributed by atoms with Gasteiger partial charge in [-0.2, -0.15) is 0 Å². The molecule has 0 aliphatic carbocycles. The highest BCUT2D eigenvalue weighted by atomic mass is 16.6. The third-order valence-electron chi connectivity index (χ3n) is 5.71. The van der Waals surface area contributed by atoms with Crippen LogP contribution in [0.25, 0.3) is 0 Å². The first kappa shape index (κ1) is 22.5. The molecule has 0 bridgehead atoms. The predicted molar refractivity (Wildman–Crippen MR) is 128 cm³/mol. The van der Waals surface area contributed by atoms with Crippen LogP contribution in [0.2, 0.25) is 0 Å². The summed E-state index contributed by atoms with van der Waals surface area (Å²) in [7, 11) is 0. The largest absolute Gasteiger partial charge is 0.298 e. The lowest BCUT2D eigenvalue weighted by atomic mass is 9.77. The average molecular weight is 452 g/mol. The van der Waals surface area contributed by atoms with Crippen LogP contribution < -0.4 is 0 Å². The van der Waals surface area contributed by atoms with Crippen molar-refractivity contribution in [2.45, 2.75) is 11.8 Å². The Labute approximate surface area is 195 Å². The molecule has 4 aromatic carbocycles. The summed E-state index contributed by atoms with van der Waals surface area (Å²) in [5.41, 5.74) is 2.65. The summed E-state index contributed by atoms with van der Waals surface area (Å²) >= 11 is 0. The fourth-order valence-corrected chi connectivity index (χ4v) is 4.08. The zero-order chi connectivity index (χ0) is 24.1. The van der Waals surface area contributed by atoms with Gasteiger partial charge in [0, 0.05) is 24.3 Å². The van der Waals surface area contributed by atoms with Crippen molar-refractivity contribution in [3.8, 4) is 0 Å². The van der Waals surface area contributed by atoms with E-state index in [-0.39, 0.29) is 17.2 Å². The predicted octanol–water partition coefficient (Wildman–Crippen LogP) is 6.04. The number of hydrogen-bond acceptors (Lipinski definition) is 5. The van der Waals surface area contributed by atoms with E-state index in [4.69, 9.17) is 0 Å². The number of ketones is 1.